The molecule has 1 heterocycles. The second-order valence-electron chi connectivity index (χ2n) is 4.00. The number of hydrogen-bond acceptors (Lipinski definition) is 4. The first kappa shape index (κ1) is 14.2. The van der Waals surface area contributed by atoms with E-state index < -0.39 is 17.2 Å². The Balaban J connectivity index is 2.36. The van der Waals surface area contributed by atoms with E-state index in [0.29, 0.717) is 12.0 Å². The SMILES string of the molecule is [N-]=[N+]=NCCC#Cc1ccc2oc(C(=O)O)cc(=O)c2c1. The molecular formula is C14H9N3O4. The number of rotatable bonds is 3. The fraction of sp³-hybridized carbons (Fsp3) is 0.143. The molecule has 0 aliphatic heterocycles. The third-order valence-electron chi connectivity index (χ3n) is 2.57. The number of carboxylic acids is 1. The Morgan fingerprint density at radius 2 is 2.24 bits per heavy atom. The van der Waals surface area contributed by atoms with Crippen molar-refractivity contribution < 1.29 is 14.3 Å². The molecule has 2 aromatic rings. The molecule has 2 rings (SSSR count). The summed E-state index contributed by atoms with van der Waals surface area (Å²) in [4.78, 5) is 25.3. The number of fused-ring (bicyclic) bond motifs is 1. The minimum Gasteiger partial charge on any atom is -0.475 e. The summed E-state index contributed by atoms with van der Waals surface area (Å²) in [5, 5.41) is 12.4. The van der Waals surface area contributed by atoms with E-state index in [1.165, 1.54) is 12.1 Å². The summed E-state index contributed by atoms with van der Waals surface area (Å²) >= 11 is 0. The first-order valence-electron chi connectivity index (χ1n) is 5.93. The second-order valence-corrected chi connectivity index (χ2v) is 4.00. The Kier molecular flexibility index (Phi) is 4.24. The molecular weight excluding hydrogens is 274 g/mol. The van der Waals surface area contributed by atoms with Gasteiger partial charge in [0.25, 0.3) is 0 Å². The molecule has 0 spiro atoms. The van der Waals surface area contributed by atoms with Gasteiger partial charge in [-0.25, -0.2) is 4.79 Å². The number of aromatic carboxylic acids is 1. The molecule has 7 nitrogen and oxygen atoms in total. The minimum absolute atomic E-state index is 0.194. The molecule has 0 radical (unpaired) electrons. The largest absolute Gasteiger partial charge is 0.475 e. The lowest BCUT2D eigenvalue weighted by atomic mass is 10.1. The number of hydrogen-bond donors (Lipinski definition) is 1. The van der Waals surface area contributed by atoms with E-state index >= 15 is 0 Å². The zero-order chi connectivity index (χ0) is 15.2. The monoisotopic (exact) mass is 283 g/mol. The number of azide groups is 1. The van der Waals surface area contributed by atoms with E-state index in [2.05, 4.69) is 21.9 Å². The molecule has 1 N–H and O–H groups in total. The van der Waals surface area contributed by atoms with Crippen LogP contribution in [0.1, 0.15) is 22.5 Å². The van der Waals surface area contributed by atoms with Crippen LogP contribution in [0, 0.1) is 11.8 Å². The Hall–Kier alpha value is -3.23. The molecule has 21 heavy (non-hydrogen) atoms. The van der Waals surface area contributed by atoms with Crippen LogP contribution < -0.4 is 5.43 Å². The fourth-order valence-corrected chi connectivity index (χ4v) is 1.65. The molecule has 0 aliphatic carbocycles. The van der Waals surface area contributed by atoms with E-state index in [1.54, 1.807) is 6.07 Å². The lowest BCUT2D eigenvalue weighted by Gasteiger charge is -1.99. The van der Waals surface area contributed by atoms with Gasteiger partial charge in [0, 0.05) is 29.5 Å². The first-order chi connectivity index (χ1) is 10.1. The molecule has 0 fully saturated rings. The number of nitrogens with zero attached hydrogens (tertiary/aromatic N) is 3. The molecule has 1 aromatic heterocycles. The van der Waals surface area contributed by atoms with Gasteiger partial charge in [-0.05, 0) is 23.7 Å². The minimum atomic E-state index is -1.30. The van der Waals surface area contributed by atoms with Crippen LogP contribution in [0.15, 0.2) is 38.6 Å². The zero-order valence-corrected chi connectivity index (χ0v) is 10.7. The average molecular weight is 283 g/mol. The van der Waals surface area contributed by atoms with Crippen LogP contribution in [0.4, 0.5) is 0 Å². The number of benzene rings is 1. The van der Waals surface area contributed by atoms with Gasteiger partial charge in [-0.2, -0.15) is 0 Å². The molecule has 0 saturated carbocycles. The molecule has 0 atom stereocenters. The third-order valence-corrected chi connectivity index (χ3v) is 2.57. The fourth-order valence-electron chi connectivity index (χ4n) is 1.65. The van der Waals surface area contributed by atoms with E-state index in [1.807, 2.05) is 0 Å². The van der Waals surface area contributed by atoms with Crippen LogP contribution in [0.25, 0.3) is 21.4 Å². The van der Waals surface area contributed by atoms with Crippen LogP contribution in [0.3, 0.4) is 0 Å². The Morgan fingerprint density at radius 3 is 2.95 bits per heavy atom. The molecule has 0 unspecified atom stereocenters. The van der Waals surface area contributed by atoms with Crippen molar-refractivity contribution in [2.24, 2.45) is 5.11 Å². The summed E-state index contributed by atoms with van der Waals surface area (Å²) in [5.74, 6) is 3.94. The molecule has 0 bridgehead atoms. The summed E-state index contributed by atoms with van der Waals surface area (Å²) in [6, 6.07) is 5.59. The smallest absolute Gasteiger partial charge is 0.371 e. The van der Waals surface area contributed by atoms with Crippen LogP contribution >= 0.6 is 0 Å². The van der Waals surface area contributed by atoms with Gasteiger partial charge in [0.1, 0.15) is 5.58 Å². The first-order valence-corrected chi connectivity index (χ1v) is 5.93. The molecule has 0 aliphatic rings. The summed E-state index contributed by atoms with van der Waals surface area (Å²) in [5.41, 5.74) is 8.47. The normalized spacial score (nSPS) is 9.52. The van der Waals surface area contributed by atoms with Crippen LogP contribution in [-0.4, -0.2) is 17.6 Å². The van der Waals surface area contributed by atoms with Gasteiger partial charge < -0.3 is 9.52 Å². The summed E-state index contributed by atoms with van der Waals surface area (Å²) in [7, 11) is 0. The van der Waals surface area contributed by atoms with Crippen molar-refractivity contribution >= 4 is 16.9 Å². The van der Waals surface area contributed by atoms with Gasteiger partial charge in [-0.1, -0.05) is 17.0 Å². The predicted octanol–water partition coefficient (Wildman–Crippen LogP) is 2.54. The summed E-state index contributed by atoms with van der Waals surface area (Å²) in [6.45, 7) is 0.279. The molecule has 0 amide bonds. The van der Waals surface area contributed by atoms with Crippen molar-refractivity contribution in [1.82, 2.24) is 0 Å². The Morgan fingerprint density at radius 1 is 1.43 bits per heavy atom. The topological polar surface area (TPSA) is 116 Å². The maximum Gasteiger partial charge on any atom is 0.371 e. The third kappa shape index (κ3) is 3.41. The zero-order valence-electron chi connectivity index (χ0n) is 10.7. The van der Waals surface area contributed by atoms with Gasteiger partial charge in [-0.15, -0.1) is 0 Å². The summed E-state index contributed by atoms with van der Waals surface area (Å²) in [6.07, 6.45) is 0.411. The van der Waals surface area contributed by atoms with E-state index in [0.717, 1.165) is 6.07 Å². The van der Waals surface area contributed by atoms with Crippen LogP contribution in [0.5, 0.6) is 0 Å². The van der Waals surface area contributed by atoms with Crippen molar-refractivity contribution in [1.29, 1.82) is 0 Å². The summed E-state index contributed by atoms with van der Waals surface area (Å²) < 4.78 is 5.11. The van der Waals surface area contributed by atoms with Gasteiger partial charge >= 0.3 is 5.97 Å². The highest BCUT2D eigenvalue weighted by Gasteiger charge is 2.10. The quantitative estimate of drug-likeness (QED) is 0.306. The van der Waals surface area contributed by atoms with E-state index in [9.17, 15) is 9.59 Å². The predicted molar refractivity (Wildman–Crippen MR) is 75.0 cm³/mol. The highest BCUT2D eigenvalue weighted by molar-refractivity contribution is 5.87. The second kappa shape index (κ2) is 6.28. The Bertz CT molecular complexity index is 867. The van der Waals surface area contributed by atoms with Gasteiger partial charge in [0.2, 0.25) is 5.76 Å². The van der Waals surface area contributed by atoms with E-state index in [4.69, 9.17) is 15.1 Å². The van der Waals surface area contributed by atoms with Crippen LogP contribution in [-0.2, 0) is 0 Å². The Labute approximate surface area is 118 Å². The van der Waals surface area contributed by atoms with E-state index in [-0.39, 0.29) is 17.5 Å². The van der Waals surface area contributed by atoms with Crippen molar-refractivity contribution in [3.63, 3.8) is 0 Å². The average Bonchev–Trinajstić information content (AvgIpc) is 2.47. The van der Waals surface area contributed by atoms with Gasteiger partial charge in [0.05, 0.1) is 5.39 Å². The number of carboxylic acid groups (broad SMARTS) is 1. The lowest BCUT2D eigenvalue weighted by Crippen LogP contribution is -2.06. The van der Waals surface area contributed by atoms with Crippen molar-refractivity contribution in [3.8, 4) is 11.8 Å². The van der Waals surface area contributed by atoms with Crippen molar-refractivity contribution in [3.05, 3.63) is 56.3 Å². The molecule has 7 heteroatoms. The highest BCUT2D eigenvalue weighted by atomic mass is 16.4. The molecule has 104 valence electrons. The highest BCUT2D eigenvalue weighted by Crippen LogP contribution is 2.14. The maximum absolute atomic E-state index is 11.8. The lowest BCUT2D eigenvalue weighted by molar-refractivity contribution is 0.0663. The van der Waals surface area contributed by atoms with Crippen LogP contribution in [0.2, 0.25) is 0 Å². The molecule has 0 saturated heterocycles. The van der Waals surface area contributed by atoms with Gasteiger partial charge in [-0.3, -0.25) is 4.79 Å². The van der Waals surface area contributed by atoms with Gasteiger partial charge in [0.15, 0.2) is 5.43 Å². The molecule has 1 aromatic carbocycles. The maximum atomic E-state index is 11.8. The standard InChI is InChI=1S/C14H9N3O4/c15-17-16-6-2-1-3-9-4-5-12-10(7-9)11(18)8-13(21-12)14(19)20/h4-5,7-8H,2,6H2,(H,19,20). The van der Waals surface area contributed by atoms with Crippen molar-refractivity contribution in [2.75, 3.05) is 6.54 Å². The van der Waals surface area contributed by atoms with Crippen molar-refractivity contribution in [2.45, 2.75) is 6.42 Å². The number of carbonyl (C=O) groups is 1.